The van der Waals surface area contributed by atoms with Crippen molar-refractivity contribution < 1.29 is 15.0 Å². The number of aliphatic hydroxyl groups excluding tert-OH is 2. The molecule has 0 spiro atoms. The second kappa shape index (κ2) is 8.64. The highest BCUT2D eigenvalue weighted by atomic mass is 16.3. The van der Waals surface area contributed by atoms with Gasteiger partial charge in [-0.15, -0.1) is 0 Å². The number of nitrogens with zero attached hydrogens (tertiary/aromatic N) is 2. The third-order valence-electron chi connectivity index (χ3n) is 2.34. The predicted octanol–water partition coefficient (Wildman–Crippen LogP) is -0.859. The summed E-state index contributed by atoms with van der Waals surface area (Å²) in [6.45, 7) is 4.13. The van der Waals surface area contributed by atoms with E-state index in [1.54, 1.807) is 0 Å². The van der Waals surface area contributed by atoms with Gasteiger partial charge in [0.1, 0.15) is 0 Å². The highest BCUT2D eigenvalue weighted by molar-refractivity contribution is 5.76. The Labute approximate surface area is 91.3 Å². The molecular formula is C10H22N2O3. The van der Waals surface area contributed by atoms with Crippen molar-refractivity contribution in [2.24, 2.45) is 0 Å². The molecule has 15 heavy (non-hydrogen) atoms. The van der Waals surface area contributed by atoms with Gasteiger partial charge < -0.3 is 20.0 Å². The average molecular weight is 218 g/mol. The fraction of sp³-hybridized carbons (Fsp3) is 0.900. The lowest BCUT2D eigenvalue weighted by atomic mass is 10.3. The van der Waals surface area contributed by atoms with E-state index in [0.29, 0.717) is 26.1 Å². The van der Waals surface area contributed by atoms with Crippen molar-refractivity contribution in [2.75, 3.05) is 46.4 Å². The molecule has 1 amide bonds. The van der Waals surface area contributed by atoms with Crippen LogP contribution >= 0.6 is 0 Å². The first kappa shape index (κ1) is 14.3. The van der Waals surface area contributed by atoms with Gasteiger partial charge in [-0.2, -0.15) is 0 Å². The van der Waals surface area contributed by atoms with E-state index >= 15 is 0 Å². The smallest absolute Gasteiger partial charge is 0.224 e. The molecule has 0 saturated carbocycles. The number of rotatable bonds is 8. The summed E-state index contributed by atoms with van der Waals surface area (Å²) >= 11 is 0. The second-order valence-electron chi connectivity index (χ2n) is 3.47. The standard InChI is InChI=1S/C10H22N2O3/c1-3-11(2)5-4-10(15)12(6-8-13)7-9-14/h13-14H,3-9H2,1-2H3. The summed E-state index contributed by atoms with van der Waals surface area (Å²) in [5.41, 5.74) is 0. The zero-order valence-corrected chi connectivity index (χ0v) is 9.65. The van der Waals surface area contributed by atoms with Gasteiger partial charge in [0.25, 0.3) is 0 Å². The molecule has 0 fully saturated rings. The van der Waals surface area contributed by atoms with Crippen molar-refractivity contribution in [3.8, 4) is 0 Å². The largest absolute Gasteiger partial charge is 0.395 e. The Bertz CT molecular complexity index is 170. The first-order valence-electron chi connectivity index (χ1n) is 5.33. The molecular weight excluding hydrogens is 196 g/mol. The molecule has 0 atom stereocenters. The number of hydrogen-bond acceptors (Lipinski definition) is 4. The van der Waals surface area contributed by atoms with Gasteiger partial charge >= 0.3 is 0 Å². The summed E-state index contributed by atoms with van der Waals surface area (Å²) < 4.78 is 0. The maximum absolute atomic E-state index is 11.6. The van der Waals surface area contributed by atoms with Crippen molar-refractivity contribution in [1.29, 1.82) is 0 Å². The van der Waals surface area contributed by atoms with E-state index in [1.807, 2.05) is 18.9 Å². The molecule has 0 aromatic carbocycles. The Balaban J connectivity index is 3.90. The SMILES string of the molecule is CCN(C)CCC(=O)N(CCO)CCO. The summed E-state index contributed by atoms with van der Waals surface area (Å²) in [5, 5.41) is 17.5. The average Bonchev–Trinajstić information content (AvgIpc) is 2.25. The lowest BCUT2D eigenvalue weighted by molar-refractivity contribution is -0.132. The molecule has 0 aliphatic heterocycles. The Morgan fingerprint density at radius 3 is 2.07 bits per heavy atom. The van der Waals surface area contributed by atoms with Crippen LogP contribution in [0.2, 0.25) is 0 Å². The number of aliphatic hydroxyl groups is 2. The van der Waals surface area contributed by atoms with Crippen molar-refractivity contribution in [3.05, 3.63) is 0 Å². The van der Waals surface area contributed by atoms with Crippen LogP contribution in [0, 0.1) is 0 Å². The predicted molar refractivity (Wildman–Crippen MR) is 58.5 cm³/mol. The highest BCUT2D eigenvalue weighted by Gasteiger charge is 2.12. The lowest BCUT2D eigenvalue weighted by Crippen LogP contribution is -2.37. The number of carbonyl (C=O) groups excluding carboxylic acids is 1. The van der Waals surface area contributed by atoms with Crippen LogP contribution in [0.15, 0.2) is 0 Å². The monoisotopic (exact) mass is 218 g/mol. The summed E-state index contributed by atoms with van der Waals surface area (Å²) in [4.78, 5) is 15.2. The van der Waals surface area contributed by atoms with Gasteiger partial charge in [-0.25, -0.2) is 0 Å². The molecule has 5 nitrogen and oxygen atoms in total. The van der Waals surface area contributed by atoms with Crippen molar-refractivity contribution >= 4 is 5.91 Å². The molecule has 2 N–H and O–H groups in total. The molecule has 0 aromatic rings. The Morgan fingerprint density at radius 2 is 1.67 bits per heavy atom. The minimum atomic E-state index is -0.0602. The molecule has 0 aliphatic rings. The van der Waals surface area contributed by atoms with Gasteiger partial charge in [-0.05, 0) is 13.6 Å². The summed E-state index contributed by atoms with van der Waals surface area (Å²) in [7, 11) is 1.95. The van der Waals surface area contributed by atoms with Crippen LogP contribution in [-0.4, -0.2) is 72.4 Å². The van der Waals surface area contributed by atoms with Gasteiger partial charge in [-0.3, -0.25) is 4.79 Å². The van der Waals surface area contributed by atoms with Crippen LogP contribution in [0.3, 0.4) is 0 Å². The molecule has 90 valence electrons. The molecule has 0 unspecified atom stereocenters. The van der Waals surface area contributed by atoms with Gasteiger partial charge in [0.2, 0.25) is 5.91 Å². The molecule has 0 radical (unpaired) electrons. The Hall–Kier alpha value is -0.650. The van der Waals surface area contributed by atoms with Crippen LogP contribution < -0.4 is 0 Å². The molecule has 0 rings (SSSR count). The third-order valence-corrected chi connectivity index (χ3v) is 2.34. The topological polar surface area (TPSA) is 64.0 Å². The number of carbonyl (C=O) groups is 1. The summed E-state index contributed by atoms with van der Waals surface area (Å²) in [5.74, 6) is -0.0154. The normalized spacial score (nSPS) is 10.7. The maximum Gasteiger partial charge on any atom is 0.224 e. The van der Waals surface area contributed by atoms with Gasteiger partial charge in [0.05, 0.1) is 13.2 Å². The van der Waals surface area contributed by atoms with Crippen LogP contribution in [0.5, 0.6) is 0 Å². The Kier molecular flexibility index (Phi) is 8.27. The molecule has 0 bridgehead atoms. The zero-order valence-electron chi connectivity index (χ0n) is 9.65. The minimum Gasteiger partial charge on any atom is -0.395 e. The van der Waals surface area contributed by atoms with Crippen LogP contribution in [0.25, 0.3) is 0 Å². The molecule has 0 aromatic heterocycles. The van der Waals surface area contributed by atoms with Crippen LogP contribution in [-0.2, 0) is 4.79 Å². The van der Waals surface area contributed by atoms with Crippen molar-refractivity contribution in [2.45, 2.75) is 13.3 Å². The van der Waals surface area contributed by atoms with Gasteiger partial charge in [0.15, 0.2) is 0 Å². The highest BCUT2D eigenvalue weighted by Crippen LogP contribution is 1.95. The summed E-state index contributed by atoms with van der Waals surface area (Å²) in [6, 6.07) is 0. The van der Waals surface area contributed by atoms with E-state index in [1.165, 1.54) is 4.90 Å². The molecule has 0 saturated heterocycles. The van der Waals surface area contributed by atoms with E-state index < -0.39 is 0 Å². The van der Waals surface area contributed by atoms with E-state index in [0.717, 1.165) is 6.54 Å². The minimum absolute atomic E-state index is 0.0154. The summed E-state index contributed by atoms with van der Waals surface area (Å²) in [6.07, 6.45) is 0.435. The fourth-order valence-electron chi connectivity index (χ4n) is 1.21. The third kappa shape index (κ3) is 6.43. The van der Waals surface area contributed by atoms with E-state index in [2.05, 4.69) is 0 Å². The fourth-order valence-corrected chi connectivity index (χ4v) is 1.21. The second-order valence-corrected chi connectivity index (χ2v) is 3.47. The first-order chi connectivity index (χ1) is 7.15. The van der Waals surface area contributed by atoms with Gasteiger partial charge in [0, 0.05) is 26.1 Å². The first-order valence-corrected chi connectivity index (χ1v) is 5.33. The molecule has 0 aliphatic carbocycles. The Morgan fingerprint density at radius 1 is 1.13 bits per heavy atom. The van der Waals surface area contributed by atoms with Crippen LogP contribution in [0.4, 0.5) is 0 Å². The molecule has 0 heterocycles. The van der Waals surface area contributed by atoms with E-state index in [4.69, 9.17) is 10.2 Å². The quantitative estimate of drug-likeness (QED) is 0.556. The number of amides is 1. The van der Waals surface area contributed by atoms with Gasteiger partial charge in [-0.1, -0.05) is 6.92 Å². The lowest BCUT2D eigenvalue weighted by Gasteiger charge is -2.22. The van der Waals surface area contributed by atoms with Crippen LogP contribution in [0.1, 0.15) is 13.3 Å². The zero-order chi connectivity index (χ0) is 11.7. The number of hydrogen-bond donors (Lipinski definition) is 2. The maximum atomic E-state index is 11.6. The van der Waals surface area contributed by atoms with E-state index in [9.17, 15) is 4.79 Å². The molecule has 5 heteroatoms. The van der Waals surface area contributed by atoms with Crippen molar-refractivity contribution in [3.63, 3.8) is 0 Å². The van der Waals surface area contributed by atoms with E-state index in [-0.39, 0.29) is 19.1 Å². The van der Waals surface area contributed by atoms with Crippen molar-refractivity contribution in [1.82, 2.24) is 9.80 Å².